The number of carboxylic acid groups (broad SMARTS) is 4. The quantitative estimate of drug-likeness (QED) is 0.122. The first kappa shape index (κ1) is 37.1. The Morgan fingerprint density at radius 1 is 0.517 bits per heavy atom. The van der Waals surface area contributed by atoms with Crippen LogP contribution in [0.2, 0.25) is 0 Å². The maximum Gasteiger partial charge on any atom is 1.00 e. The van der Waals surface area contributed by atoms with Crippen molar-refractivity contribution in [3.63, 3.8) is 0 Å². The van der Waals surface area contributed by atoms with Crippen molar-refractivity contribution in [2.45, 2.75) is 0 Å². The summed E-state index contributed by atoms with van der Waals surface area (Å²) in [4.78, 5) is 44.9. The molecule has 0 radical (unpaired) electrons. The van der Waals surface area contributed by atoms with E-state index in [1.54, 1.807) is 0 Å². The molecule has 4 N–H and O–H groups in total. The Bertz CT molecular complexity index is 411. The van der Waals surface area contributed by atoms with Gasteiger partial charge in [0.15, 0.2) is 0 Å². The van der Waals surface area contributed by atoms with Crippen molar-refractivity contribution >= 4 is 23.9 Å². The third kappa shape index (κ3) is 26.7. The van der Waals surface area contributed by atoms with Gasteiger partial charge in [0.1, 0.15) is 0 Å². The van der Waals surface area contributed by atoms with Crippen LogP contribution in [0.4, 0.5) is 0 Å². The monoisotopic (exact) mass is 449 g/mol. The summed E-state index contributed by atoms with van der Waals surface area (Å²) >= 11 is 0. The van der Waals surface area contributed by atoms with Crippen molar-refractivity contribution in [3.8, 4) is 0 Å². The van der Waals surface area contributed by atoms with Gasteiger partial charge < -0.3 is 29.9 Å². The number of carbonyl (C=O) groups is 4. The molecule has 0 saturated carbocycles. The third-order valence-electron chi connectivity index (χ3n) is 2.91. The first-order valence-electron chi connectivity index (χ1n) is 7.68. The van der Waals surface area contributed by atoms with Gasteiger partial charge in [-0.25, -0.2) is 0 Å². The molecule has 0 spiro atoms. The van der Waals surface area contributed by atoms with Crippen LogP contribution in [0.5, 0.6) is 0 Å². The maximum absolute atomic E-state index is 10.6. The van der Waals surface area contributed by atoms with Crippen LogP contribution in [0.15, 0.2) is 0 Å². The minimum atomic E-state index is -1.14. The molecule has 0 amide bonds. The van der Waals surface area contributed by atoms with Gasteiger partial charge in [-0.3, -0.25) is 29.0 Å². The summed E-state index contributed by atoms with van der Waals surface area (Å²) in [6.07, 6.45) is 0. The van der Waals surface area contributed by atoms with E-state index in [0.29, 0.717) is 0 Å². The van der Waals surface area contributed by atoms with E-state index in [0.717, 1.165) is 0 Å². The van der Waals surface area contributed by atoms with E-state index in [4.69, 9.17) is 29.9 Å². The van der Waals surface area contributed by atoms with Crippen LogP contribution in [0.25, 0.3) is 0 Å². The number of rotatable bonds is 17. The first-order valence-corrected chi connectivity index (χ1v) is 7.68. The summed E-state index contributed by atoms with van der Waals surface area (Å²) in [5.41, 5.74) is 0. The van der Waals surface area contributed by atoms with Gasteiger partial charge in [0.25, 0.3) is 0 Å². The van der Waals surface area contributed by atoms with Crippen LogP contribution < -0.4 is 88.7 Å². The summed E-state index contributed by atoms with van der Waals surface area (Å²) in [5.74, 6) is -4.55. The average molecular weight is 449 g/mol. The van der Waals surface area contributed by atoms with Crippen LogP contribution >= 0.6 is 0 Å². The molecule has 0 aliphatic rings. The second-order valence-corrected chi connectivity index (χ2v) is 5.22. The van der Waals surface area contributed by atoms with Gasteiger partial charge in [-0.05, 0) is 0 Å². The second kappa shape index (κ2) is 23.4. The topological polar surface area (TPSA) is 174 Å². The molecule has 12 nitrogen and oxygen atoms in total. The van der Waals surface area contributed by atoms with Crippen LogP contribution in [-0.2, 0) is 28.7 Å². The van der Waals surface area contributed by atoms with Gasteiger partial charge in [0.2, 0.25) is 0 Å². The van der Waals surface area contributed by atoms with Crippen molar-refractivity contribution in [1.29, 1.82) is 0 Å². The van der Waals surface area contributed by atoms with Crippen LogP contribution in [0, 0.1) is 0 Å². The van der Waals surface area contributed by atoms with Gasteiger partial charge in [0.05, 0.1) is 52.6 Å². The number of aliphatic carboxylic acids is 4. The largest absolute Gasteiger partial charge is 1.00 e. The Morgan fingerprint density at radius 3 is 0.966 bits per heavy atom. The molecule has 29 heavy (non-hydrogen) atoms. The Balaban J connectivity index is -0.00000104. The fraction of sp³-hybridized carbons (Fsp3) is 0.714. The molecule has 150 valence electrons. The fourth-order valence-corrected chi connectivity index (χ4v) is 1.90. The van der Waals surface area contributed by atoms with Crippen molar-refractivity contribution in [2.75, 3.05) is 65.7 Å². The molecule has 0 aromatic carbocycles. The Labute approximate surface area is 234 Å². The van der Waals surface area contributed by atoms with E-state index in [1.807, 2.05) is 0 Å². The first-order chi connectivity index (χ1) is 12.2. The third-order valence-corrected chi connectivity index (χ3v) is 2.91. The summed E-state index contributed by atoms with van der Waals surface area (Å²) in [5, 5.41) is 34.7. The standard InChI is InChI=1S/C14H24N2O10.3Na/c17-11(18)7-15(8-12(19)20)1-3-25-5-6-26-4-2-16(9-13(21)22)10-14(23)24;;;/h1-10H2,(H,17,18)(H,19,20)(H,21,22)(H,23,24);;;/q;3*+1. The van der Waals surface area contributed by atoms with Gasteiger partial charge in [-0.2, -0.15) is 0 Å². The van der Waals surface area contributed by atoms with E-state index in [1.165, 1.54) is 9.80 Å². The second-order valence-electron chi connectivity index (χ2n) is 5.22. The van der Waals surface area contributed by atoms with Crippen molar-refractivity contribution in [2.24, 2.45) is 0 Å². The Morgan fingerprint density at radius 2 is 0.759 bits per heavy atom. The molecule has 0 rings (SSSR count). The minimum Gasteiger partial charge on any atom is -0.480 e. The van der Waals surface area contributed by atoms with Gasteiger partial charge in [-0.1, -0.05) is 0 Å². The van der Waals surface area contributed by atoms with Crippen LogP contribution in [0.3, 0.4) is 0 Å². The number of carboxylic acids is 4. The van der Waals surface area contributed by atoms with Crippen molar-refractivity contribution < 1.29 is 138 Å². The smallest absolute Gasteiger partial charge is 0.480 e. The number of hydrogen-bond acceptors (Lipinski definition) is 8. The van der Waals surface area contributed by atoms with E-state index in [-0.39, 0.29) is 128 Å². The zero-order valence-corrected chi connectivity index (χ0v) is 23.2. The van der Waals surface area contributed by atoms with Crippen molar-refractivity contribution in [1.82, 2.24) is 9.80 Å². The summed E-state index contributed by atoms with van der Waals surface area (Å²) in [7, 11) is 0. The van der Waals surface area contributed by atoms with E-state index >= 15 is 0 Å². The van der Waals surface area contributed by atoms with E-state index in [9.17, 15) is 19.2 Å². The molecule has 0 saturated heterocycles. The van der Waals surface area contributed by atoms with Crippen molar-refractivity contribution in [3.05, 3.63) is 0 Å². The number of hydrogen-bond donors (Lipinski definition) is 4. The summed E-state index contributed by atoms with van der Waals surface area (Å²) in [6.45, 7) is -0.790. The molecule has 0 heterocycles. The molecule has 0 unspecified atom stereocenters. The number of nitrogens with zero attached hydrogens (tertiary/aromatic N) is 2. The predicted molar refractivity (Wildman–Crippen MR) is 85.1 cm³/mol. The Hall–Kier alpha value is 0.720. The molecule has 0 aliphatic heterocycles. The molecule has 0 aliphatic carbocycles. The minimum absolute atomic E-state index is 0. The SMILES string of the molecule is O=C(O)CN(CCOCCOCCN(CC(=O)O)CC(=O)O)CC(=O)O.[Na+].[Na+].[Na+]. The van der Waals surface area contributed by atoms with Gasteiger partial charge in [-0.15, -0.1) is 0 Å². The molecule has 0 bridgehead atoms. The predicted octanol–water partition coefficient (Wildman–Crippen LogP) is -11.0. The zero-order chi connectivity index (χ0) is 19.9. The average Bonchev–Trinajstić information content (AvgIpc) is 2.47. The van der Waals surface area contributed by atoms with E-state index in [2.05, 4.69) is 0 Å². The molecule has 0 atom stereocenters. The molecular weight excluding hydrogens is 425 g/mol. The van der Waals surface area contributed by atoms with E-state index < -0.39 is 50.1 Å². The Kier molecular flexibility index (Phi) is 29.9. The molecule has 15 heteroatoms. The van der Waals surface area contributed by atoms with Gasteiger partial charge in [0, 0.05) is 13.1 Å². The molecule has 0 aromatic rings. The normalized spacial score (nSPS) is 9.86. The zero-order valence-electron chi connectivity index (χ0n) is 17.2. The summed E-state index contributed by atoms with van der Waals surface area (Å²) in [6, 6.07) is 0. The number of ether oxygens (including phenoxy) is 2. The molecule has 0 fully saturated rings. The molecule has 0 aromatic heterocycles. The van der Waals surface area contributed by atoms with Crippen LogP contribution in [-0.4, -0.2) is 120 Å². The fourth-order valence-electron chi connectivity index (χ4n) is 1.90. The molecular formula is C14H24N2Na3O10+3. The van der Waals surface area contributed by atoms with Gasteiger partial charge >= 0.3 is 113 Å². The summed E-state index contributed by atoms with van der Waals surface area (Å²) < 4.78 is 10.4. The van der Waals surface area contributed by atoms with Crippen LogP contribution in [0.1, 0.15) is 0 Å². The maximum atomic E-state index is 10.6.